The van der Waals surface area contributed by atoms with Gasteiger partial charge in [-0.2, -0.15) is 0 Å². The van der Waals surface area contributed by atoms with Crippen LogP contribution in [0.5, 0.6) is 0 Å². The van der Waals surface area contributed by atoms with E-state index in [1.54, 1.807) is 24.0 Å². The zero-order chi connectivity index (χ0) is 24.5. The molecule has 0 spiro atoms. The molecule has 2 atom stereocenters. The number of amides is 1. The van der Waals surface area contributed by atoms with Gasteiger partial charge in [0.15, 0.2) is 5.78 Å². The molecule has 0 aromatic heterocycles. The number of rotatable bonds is 4. The van der Waals surface area contributed by atoms with Crippen molar-refractivity contribution in [3.05, 3.63) is 111 Å². The maximum Gasteiger partial charge on any atom is 0.269 e. The fourth-order valence-electron chi connectivity index (χ4n) is 5.12. The highest BCUT2D eigenvalue weighted by Crippen LogP contribution is 2.47. The molecule has 176 valence electrons. The second-order valence-electron chi connectivity index (χ2n) is 8.85. The number of non-ortho nitro benzene ring substituents is 1. The first-order valence-corrected chi connectivity index (χ1v) is 11.7. The van der Waals surface area contributed by atoms with E-state index in [9.17, 15) is 19.7 Å². The van der Waals surface area contributed by atoms with Gasteiger partial charge in [-0.05, 0) is 35.6 Å². The summed E-state index contributed by atoms with van der Waals surface area (Å²) in [6.07, 6.45) is 1.13. The average molecular weight is 468 g/mol. The quantitative estimate of drug-likeness (QED) is 0.381. The van der Waals surface area contributed by atoms with E-state index >= 15 is 0 Å². The van der Waals surface area contributed by atoms with Gasteiger partial charge in [0.25, 0.3) is 5.69 Å². The summed E-state index contributed by atoms with van der Waals surface area (Å²) in [4.78, 5) is 39.9. The van der Waals surface area contributed by atoms with Crippen LogP contribution >= 0.6 is 0 Å². The first kappa shape index (κ1) is 22.5. The molecule has 2 aliphatic rings. The molecule has 1 heterocycles. The summed E-state index contributed by atoms with van der Waals surface area (Å²) in [5, 5.41) is 15.0. The lowest BCUT2D eigenvalue weighted by atomic mass is 9.78. The maximum absolute atomic E-state index is 13.8. The van der Waals surface area contributed by atoms with Crippen LogP contribution in [0.4, 0.5) is 17.1 Å². The summed E-state index contributed by atoms with van der Waals surface area (Å²) in [5.74, 6) is -0.227. The molecule has 0 bridgehead atoms. The Bertz CT molecular complexity index is 1350. The highest BCUT2D eigenvalue weighted by molar-refractivity contribution is 6.06. The van der Waals surface area contributed by atoms with Crippen molar-refractivity contribution in [2.45, 2.75) is 38.1 Å². The minimum Gasteiger partial charge on any atom is -0.357 e. The molecule has 3 aromatic carbocycles. The molecule has 7 nitrogen and oxygen atoms in total. The van der Waals surface area contributed by atoms with Crippen molar-refractivity contribution in [3.8, 4) is 0 Å². The number of hydrogen-bond acceptors (Lipinski definition) is 5. The minimum atomic E-state index is -0.766. The molecule has 5 rings (SSSR count). The Morgan fingerprint density at radius 3 is 2.46 bits per heavy atom. The number of benzene rings is 3. The molecule has 1 amide bonds. The first-order valence-electron chi connectivity index (χ1n) is 11.7. The summed E-state index contributed by atoms with van der Waals surface area (Å²) in [6, 6.07) is 22.9. The molecule has 1 aliphatic carbocycles. The SMILES string of the molecule is CCC(=O)N1c2ccccc2NC2=C(C(=O)C[C@H](c3ccccc3)C2)[C@@H]1c1cccc([N+](=O)[O-])c1. The standard InChI is InChI=1S/C28H25N3O4/c1-2-26(33)30-24-14-7-6-13-22(24)29-23-16-20(18-9-4-3-5-10-18)17-25(32)27(23)28(30)19-11-8-12-21(15-19)31(34)35/h3-15,20,28-29H,2,16-17H2,1H3/t20-,28+/m1/s1. The predicted molar refractivity (Wildman–Crippen MR) is 134 cm³/mol. The average Bonchev–Trinajstić information content (AvgIpc) is 3.03. The van der Waals surface area contributed by atoms with Gasteiger partial charge < -0.3 is 5.32 Å². The molecule has 35 heavy (non-hydrogen) atoms. The summed E-state index contributed by atoms with van der Waals surface area (Å²) in [7, 11) is 0. The molecule has 0 saturated heterocycles. The number of carbonyl (C=O) groups is 2. The van der Waals surface area contributed by atoms with E-state index in [0.29, 0.717) is 29.7 Å². The van der Waals surface area contributed by atoms with E-state index in [2.05, 4.69) is 5.32 Å². The lowest BCUT2D eigenvalue weighted by Gasteiger charge is -2.35. The Morgan fingerprint density at radius 1 is 1.00 bits per heavy atom. The summed E-state index contributed by atoms with van der Waals surface area (Å²) in [5.41, 5.74) is 4.18. The van der Waals surface area contributed by atoms with E-state index in [-0.39, 0.29) is 29.7 Å². The number of hydrogen-bond donors (Lipinski definition) is 1. The number of anilines is 2. The fourth-order valence-corrected chi connectivity index (χ4v) is 5.12. The number of para-hydroxylation sites is 2. The van der Waals surface area contributed by atoms with Crippen molar-refractivity contribution < 1.29 is 14.5 Å². The summed E-state index contributed by atoms with van der Waals surface area (Å²) >= 11 is 0. The Morgan fingerprint density at radius 2 is 1.71 bits per heavy atom. The van der Waals surface area contributed by atoms with E-state index in [1.165, 1.54) is 12.1 Å². The van der Waals surface area contributed by atoms with Crippen LogP contribution in [0.25, 0.3) is 0 Å². The van der Waals surface area contributed by atoms with Gasteiger partial charge in [-0.3, -0.25) is 24.6 Å². The van der Waals surface area contributed by atoms with Crippen LogP contribution in [0.2, 0.25) is 0 Å². The van der Waals surface area contributed by atoms with Crippen molar-refractivity contribution in [1.29, 1.82) is 0 Å². The van der Waals surface area contributed by atoms with Crippen LogP contribution in [0.1, 0.15) is 49.3 Å². The summed E-state index contributed by atoms with van der Waals surface area (Å²) < 4.78 is 0. The molecule has 0 fully saturated rings. The highest BCUT2D eigenvalue weighted by Gasteiger charge is 2.41. The van der Waals surface area contributed by atoms with Crippen molar-refractivity contribution in [3.63, 3.8) is 0 Å². The van der Waals surface area contributed by atoms with Crippen molar-refractivity contribution in [2.24, 2.45) is 0 Å². The Kier molecular flexibility index (Phi) is 5.91. The van der Waals surface area contributed by atoms with Gasteiger partial charge in [-0.1, -0.05) is 61.5 Å². The van der Waals surface area contributed by atoms with Crippen LogP contribution in [-0.2, 0) is 9.59 Å². The van der Waals surface area contributed by atoms with E-state index in [0.717, 1.165) is 16.9 Å². The normalized spacial score (nSPS) is 19.3. The zero-order valence-corrected chi connectivity index (χ0v) is 19.3. The smallest absolute Gasteiger partial charge is 0.269 e. The number of ketones is 1. The lowest BCUT2D eigenvalue weighted by Crippen LogP contribution is -2.38. The number of nitro benzene ring substituents is 1. The number of Topliss-reactive ketones (excluding diaryl/α,β-unsaturated/α-hetero) is 1. The first-order chi connectivity index (χ1) is 17.0. The number of carbonyl (C=O) groups excluding carboxylic acids is 2. The molecule has 7 heteroatoms. The largest absolute Gasteiger partial charge is 0.357 e. The molecule has 0 unspecified atom stereocenters. The second-order valence-corrected chi connectivity index (χ2v) is 8.85. The predicted octanol–water partition coefficient (Wildman–Crippen LogP) is 5.91. The van der Waals surface area contributed by atoms with Gasteiger partial charge in [0.2, 0.25) is 5.91 Å². The molecule has 1 N–H and O–H groups in total. The molecule has 0 saturated carbocycles. The highest BCUT2D eigenvalue weighted by atomic mass is 16.6. The molecular formula is C28H25N3O4. The maximum atomic E-state index is 13.8. The minimum absolute atomic E-state index is 0.00120. The van der Waals surface area contributed by atoms with Crippen molar-refractivity contribution >= 4 is 28.8 Å². The zero-order valence-electron chi connectivity index (χ0n) is 19.3. The van der Waals surface area contributed by atoms with Gasteiger partial charge >= 0.3 is 0 Å². The Hall–Kier alpha value is -4.26. The number of nitro groups is 1. The van der Waals surface area contributed by atoms with Gasteiger partial charge in [0.1, 0.15) is 0 Å². The van der Waals surface area contributed by atoms with Gasteiger partial charge in [-0.15, -0.1) is 0 Å². The van der Waals surface area contributed by atoms with E-state index in [4.69, 9.17) is 0 Å². The van der Waals surface area contributed by atoms with Crippen LogP contribution < -0.4 is 10.2 Å². The monoisotopic (exact) mass is 467 g/mol. The van der Waals surface area contributed by atoms with E-state index < -0.39 is 11.0 Å². The van der Waals surface area contributed by atoms with Crippen LogP contribution in [0.15, 0.2) is 90.1 Å². The Labute approximate surface area is 203 Å². The molecule has 0 radical (unpaired) electrons. The van der Waals surface area contributed by atoms with Crippen LogP contribution in [-0.4, -0.2) is 16.6 Å². The van der Waals surface area contributed by atoms with Crippen LogP contribution in [0, 0.1) is 10.1 Å². The van der Waals surface area contributed by atoms with Gasteiger partial charge in [0.05, 0.1) is 22.3 Å². The van der Waals surface area contributed by atoms with Crippen molar-refractivity contribution in [2.75, 3.05) is 10.2 Å². The topological polar surface area (TPSA) is 92.6 Å². The van der Waals surface area contributed by atoms with Crippen molar-refractivity contribution in [1.82, 2.24) is 0 Å². The Balaban J connectivity index is 1.73. The van der Waals surface area contributed by atoms with Gasteiger partial charge in [0, 0.05) is 36.2 Å². The number of nitrogens with zero attached hydrogens (tertiary/aromatic N) is 2. The van der Waals surface area contributed by atoms with Crippen LogP contribution in [0.3, 0.4) is 0 Å². The van der Waals surface area contributed by atoms with Gasteiger partial charge in [-0.25, -0.2) is 0 Å². The molecule has 1 aliphatic heterocycles. The van der Waals surface area contributed by atoms with E-state index in [1.807, 2.05) is 54.6 Å². The third-order valence-corrected chi connectivity index (χ3v) is 6.73. The third-order valence-electron chi connectivity index (χ3n) is 6.73. The second kappa shape index (κ2) is 9.18. The lowest BCUT2D eigenvalue weighted by molar-refractivity contribution is -0.384. The molecular weight excluding hydrogens is 442 g/mol. The number of allylic oxidation sites excluding steroid dienone is 1. The third kappa shape index (κ3) is 4.10. The number of nitrogens with one attached hydrogen (secondary N) is 1. The summed E-state index contributed by atoms with van der Waals surface area (Å²) in [6.45, 7) is 1.77. The fraction of sp³-hybridized carbons (Fsp3) is 0.214. The number of fused-ring (bicyclic) bond motifs is 1. The molecule has 3 aromatic rings.